The summed E-state index contributed by atoms with van der Waals surface area (Å²) < 4.78 is 0. The zero-order valence-corrected chi connectivity index (χ0v) is 12.8. The summed E-state index contributed by atoms with van der Waals surface area (Å²) in [5.74, 6) is -1.55. The van der Waals surface area contributed by atoms with Crippen molar-refractivity contribution in [3.05, 3.63) is 52.8 Å². The number of benzene rings is 1. The zero-order chi connectivity index (χ0) is 16.3. The molecule has 0 saturated carbocycles. The van der Waals surface area contributed by atoms with E-state index in [1.165, 1.54) is 11.6 Å². The number of carbonyl (C=O) groups is 2. The fourth-order valence-corrected chi connectivity index (χ4v) is 2.18. The highest BCUT2D eigenvalue weighted by atomic mass is 16.4. The van der Waals surface area contributed by atoms with Crippen LogP contribution in [0.25, 0.3) is 0 Å². The molecule has 3 N–H and O–H groups in total. The van der Waals surface area contributed by atoms with Crippen molar-refractivity contribution in [2.45, 2.75) is 32.7 Å². The van der Waals surface area contributed by atoms with Crippen molar-refractivity contribution in [2.24, 2.45) is 0 Å². The maximum atomic E-state index is 12.2. The molecule has 2 rings (SSSR count). The highest BCUT2D eigenvalue weighted by molar-refractivity contribution is 5.95. The number of carboxylic acid groups (broad SMARTS) is 1. The van der Waals surface area contributed by atoms with E-state index in [1.54, 1.807) is 0 Å². The SMILES string of the molecule is Cc1ccc(CC(C)(C)NC(=O)c2cc(C(=O)O)[nH]n2)cc1. The molecule has 0 spiro atoms. The first-order valence-corrected chi connectivity index (χ1v) is 6.93. The fourth-order valence-electron chi connectivity index (χ4n) is 2.18. The van der Waals surface area contributed by atoms with E-state index in [4.69, 9.17) is 5.11 Å². The third-order valence-electron chi connectivity index (χ3n) is 3.26. The first-order chi connectivity index (χ1) is 10.3. The number of aromatic amines is 1. The summed E-state index contributed by atoms with van der Waals surface area (Å²) in [6, 6.07) is 9.33. The molecule has 0 radical (unpaired) electrons. The van der Waals surface area contributed by atoms with E-state index in [0.29, 0.717) is 6.42 Å². The molecule has 0 aliphatic carbocycles. The van der Waals surface area contributed by atoms with Crippen LogP contribution in [0.2, 0.25) is 0 Å². The highest BCUT2D eigenvalue weighted by Gasteiger charge is 2.23. The van der Waals surface area contributed by atoms with Gasteiger partial charge < -0.3 is 10.4 Å². The third-order valence-corrected chi connectivity index (χ3v) is 3.26. The summed E-state index contributed by atoms with van der Waals surface area (Å²) >= 11 is 0. The second-order valence-electron chi connectivity index (χ2n) is 5.97. The number of hydrogen-bond donors (Lipinski definition) is 3. The highest BCUT2D eigenvalue weighted by Crippen LogP contribution is 2.14. The van der Waals surface area contributed by atoms with Crippen LogP contribution in [0, 0.1) is 6.92 Å². The summed E-state index contributed by atoms with van der Waals surface area (Å²) in [7, 11) is 0. The molecule has 1 amide bonds. The van der Waals surface area contributed by atoms with Gasteiger partial charge in [0.25, 0.3) is 5.91 Å². The molecule has 116 valence electrons. The Balaban J connectivity index is 2.05. The van der Waals surface area contributed by atoms with Crippen LogP contribution in [-0.2, 0) is 6.42 Å². The molecule has 22 heavy (non-hydrogen) atoms. The Kier molecular flexibility index (Phi) is 4.30. The molecule has 0 atom stereocenters. The lowest BCUT2D eigenvalue weighted by Gasteiger charge is -2.26. The van der Waals surface area contributed by atoms with Crippen LogP contribution < -0.4 is 5.32 Å². The average molecular weight is 301 g/mol. The van der Waals surface area contributed by atoms with Crippen molar-refractivity contribution in [1.82, 2.24) is 15.5 Å². The van der Waals surface area contributed by atoms with Gasteiger partial charge in [0.2, 0.25) is 0 Å². The lowest BCUT2D eigenvalue weighted by Crippen LogP contribution is -2.45. The number of H-pyrrole nitrogens is 1. The van der Waals surface area contributed by atoms with Crippen LogP contribution in [0.1, 0.15) is 46.0 Å². The predicted octanol–water partition coefficient (Wildman–Crippen LogP) is 2.17. The quantitative estimate of drug-likeness (QED) is 0.788. The lowest BCUT2D eigenvalue weighted by molar-refractivity contribution is 0.0690. The van der Waals surface area contributed by atoms with E-state index in [1.807, 2.05) is 45.0 Å². The van der Waals surface area contributed by atoms with Gasteiger partial charge in [-0.15, -0.1) is 0 Å². The number of aromatic carboxylic acids is 1. The Morgan fingerprint density at radius 3 is 2.45 bits per heavy atom. The first-order valence-electron chi connectivity index (χ1n) is 6.93. The summed E-state index contributed by atoms with van der Waals surface area (Å²) in [6.45, 7) is 5.85. The molecule has 0 aliphatic heterocycles. The van der Waals surface area contributed by atoms with Gasteiger partial charge in [-0.05, 0) is 32.8 Å². The topological polar surface area (TPSA) is 95.1 Å². The number of nitrogens with one attached hydrogen (secondary N) is 2. The molecule has 0 aliphatic rings. The number of rotatable bonds is 5. The Hall–Kier alpha value is -2.63. The Morgan fingerprint density at radius 2 is 1.91 bits per heavy atom. The maximum Gasteiger partial charge on any atom is 0.353 e. The molecule has 0 bridgehead atoms. The standard InChI is InChI=1S/C16H19N3O3/c1-10-4-6-11(7-5-10)9-16(2,3)17-14(20)12-8-13(15(21)22)19-18-12/h4-8H,9H2,1-3H3,(H,17,20)(H,18,19)(H,21,22). The van der Waals surface area contributed by atoms with Gasteiger partial charge in [-0.2, -0.15) is 5.10 Å². The van der Waals surface area contributed by atoms with Crippen molar-refractivity contribution >= 4 is 11.9 Å². The van der Waals surface area contributed by atoms with E-state index >= 15 is 0 Å². The van der Waals surface area contributed by atoms with Crippen LogP contribution in [-0.4, -0.2) is 32.7 Å². The fraction of sp³-hybridized carbons (Fsp3) is 0.312. The van der Waals surface area contributed by atoms with Crippen LogP contribution >= 0.6 is 0 Å². The minimum absolute atomic E-state index is 0.0642. The number of aromatic nitrogens is 2. The zero-order valence-electron chi connectivity index (χ0n) is 12.8. The average Bonchev–Trinajstić information content (AvgIpc) is 2.90. The monoisotopic (exact) mass is 301 g/mol. The van der Waals surface area contributed by atoms with Gasteiger partial charge in [-0.3, -0.25) is 9.89 Å². The molecule has 2 aromatic rings. The van der Waals surface area contributed by atoms with E-state index in [-0.39, 0.29) is 11.4 Å². The summed E-state index contributed by atoms with van der Waals surface area (Å²) in [5, 5.41) is 17.7. The summed E-state index contributed by atoms with van der Waals surface area (Å²) in [4.78, 5) is 22.9. The predicted molar refractivity (Wildman–Crippen MR) is 82.0 cm³/mol. The van der Waals surface area contributed by atoms with Crippen molar-refractivity contribution in [3.8, 4) is 0 Å². The molecule has 1 aromatic carbocycles. The van der Waals surface area contributed by atoms with Gasteiger partial charge in [0, 0.05) is 11.6 Å². The molecule has 0 fully saturated rings. The normalized spacial score (nSPS) is 11.2. The van der Waals surface area contributed by atoms with E-state index in [0.717, 1.165) is 5.56 Å². The van der Waals surface area contributed by atoms with Crippen molar-refractivity contribution < 1.29 is 14.7 Å². The molecule has 0 saturated heterocycles. The second-order valence-corrected chi connectivity index (χ2v) is 5.97. The molecular formula is C16H19N3O3. The van der Waals surface area contributed by atoms with Crippen molar-refractivity contribution in [3.63, 3.8) is 0 Å². The van der Waals surface area contributed by atoms with Crippen molar-refractivity contribution in [2.75, 3.05) is 0 Å². The lowest BCUT2D eigenvalue weighted by atomic mass is 9.94. The third kappa shape index (κ3) is 3.94. The Morgan fingerprint density at radius 1 is 1.27 bits per heavy atom. The second kappa shape index (κ2) is 6.01. The number of carbonyl (C=O) groups excluding carboxylic acids is 1. The number of hydrogen-bond acceptors (Lipinski definition) is 3. The van der Waals surface area contributed by atoms with Crippen LogP contribution in [0.4, 0.5) is 0 Å². The molecular weight excluding hydrogens is 282 g/mol. The molecule has 1 heterocycles. The smallest absolute Gasteiger partial charge is 0.353 e. The number of aryl methyl sites for hydroxylation is 1. The van der Waals surface area contributed by atoms with Gasteiger partial charge >= 0.3 is 5.97 Å². The number of amides is 1. The van der Waals surface area contributed by atoms with Crippen molar-refractivity contribution in [1.29, 1.82) is 0 Å². The molecule has 1 aromatic heterocycles. The molecule has 0 unspecified atom stereocenters. The Bertz CT molecular complexity index is 687. The van der Waals surface area contributed by atoms with Gasteiger partial charge in [0.15, 0.2) is 5.69 Å². The van der Waals surface area contributed by atoms with Crippen LogP contribution in [0.15, 0.2) is 30.3 Å². The molecule has 6 heteroatoms. The van der Waals surface area contributed by atoms with E-state index < -0.39 is 17.4 Å². The number of carboxylic acids is 1. The van der Waals surface area contributed by atoms with Gasteiger partial charge in [-0.25, -0.2) is 4.79 Å². The summed E-state index contributed by atoms with van der Waals surface area (Å²) in [5.41, 5.74) is 1.78. The van der Waals surface area contributed by atoms with Crippen LogP contribution in [0.3, 0.4) is 0 Å². The minimum Gasteiger partial charge on any atom is -0.477 e. The molecule has 6 nitrogen and oxygen atoms in total. The van der Waals surface area contributed by atoms with Gasteiger partial charge in [0.1, 0.15) is 5.69 Å². The van der Waals surface area contributed by atoms with Gasteiger partial charge in [0.05, 0.1) is 0 Å². The van der Waals surface area contributed by atoms with E-state index in [9.17, 15) is 9.59 Å². The Labute approximate surface area is 128 Å². The summed E-state index contributed by atoms with van der Waals surface area (Å²) in [6.07, 6.45) is 0.662. The first kappa shape index (κ1) is 15.8. The van der Waals surface area contributed by atoms with Crippen LogP contribution in [0.5, 0.6) is 0 Å². The number of nitrogens with zero attached hydrogens (tertiary/aromatic N) is 1. The van der Waals surface area contributed by atoms with Gasteiger partial charge in [-0.1, -0.05) is 29.8 Å². The minimum atomic E-state index is -1.15. The maximum absolute atomic E-state index is 12.2. The largest absolute Gasteiger partial charge is 0.477 e. The van der Waals surface area contributed by atoms with E-state index in [2.05, 4.69) is 15.5 Å².